The number of methoxy groups -OCH3 is 2. The van der Waals surface area contributed by atoms with Gasteiger partial charge in [0, 0.05) is 30.2 Å². The number of ether oxygens (including phenoxy) is 3. The van der Waals surface area contributed by atoms with E-state index in [2.05, 4.69) is 0 Å². The molecule has 1 heterocycles. The number of benzene rings is 3. The average Bonchev–Trinajstić information content (AvgIpc) is 3.45. The summed E-state index contributed by atoms with van der Waals surface area (Å²) in [6.07, 6.45) is 6.19. The minimum Gasteiger partial charge on any atom is -0.469 e. The van der Waals surface area contributed by atoms with Crippen molar-refractivity contribution in [1.29, 1.82) is 0 Å². The van der Waals surface area contributed by atoms with Gasteiger partial charge in [-0.25, -0.2) is 4.39 Å². The summed E-state index contributed by atoms with van der Waals surface area (Å²) in [5.41, 5.74) is 10.4. The Morgan fingerprint density at radius 1 is 1.03 bits per heavy atom. The SMILES string of the molecule is COC(=O)CC1(OC)C=CC(c2ccccc2F)=CC1OCc1cc(-c2cccc(CN)c2)c2occc2c1. The summed E-state index contributed by atoms with van der Waals surface area (Å²) in [6.45, 7) is 0.639. The van der Waals surface area contributed by atoms with Crippen LogP contribution in [0.25, 0.3) is 27.7 Å². The molecule has 0 fully saturated rings. The van der Waals surface area contributed by atoms with Crippen LogP contribution in [0.15, 0.2) is 95.6 Å². The third kappa shape index (κ3) is 5.43. The lowest BCUT2D eigenvalue weighted by Gasteiger charge is -2.37. The van der Waals surface area contributed by atoms with E-state index in [9.17, 15) is 9.18 Å². The molecule has 7 heteroatoms. The van der Waals surface area contributed by atoms with E-state index in [0.29, 0.717) is 17.7 Å². The van der Waals surface area contributed by atoms with Gasteiger partial charge in [0.1, 0.15) is 23.1 Å². The molecule has 2 unspecified atom stereocenters. The van der Waals surface area contributed by atoms with Crippen LogP contribution in [0.5, 0.6) is 0 Å². The molecular weight excluding hydrogens is 497 g/mol. The number of fused-ring (bicyclic) bond motifs is 1. The number of allylic oxidation sites excluding steroid dienone is 2. The topological polar surface area (TPSA) is 83.9 Å². The molecule has 0 saturated heterocycles. The van der Waals surface area contributed by atoms with Gasteiger partial charge in [0.2, 0.25) is 0 Å². The highest BCUT2D eigenvalue weighted by atomic mass is 19.1. The molecule has 2 N–H and O–H groups in total. The molecule has 4 aromatic rings. The summed E-state index contributed by atoms with van der Waals surface area (Å²) < 4.78 is 37.7. The van der Waals surface area contributed by atoms with Crippen LogP contribution in [0.4, 0.5) is 4.39 Å². The van der Waals surface area contributed by atoms with Crippen molar-refractivity contribution in [2.75, 3.05) is 14.2 Å². The van der Waals surface area contributed by atoms with Crippen molar-refractivity contribution in [3.05, 3.63) is 114 Å². The highest BCUT2D eigenvalue weighted by molar-refractivity contribution is 5.93. The van der Waals surface area contributed by atoms with Crippen LogP contribution >= 0.6 is 0 Å². The van der Waals surface area contributed by atoms with Crippen LogP contribution in [-0.4, -0.2) is 31.9 Å². The van der Waals surface area contributed by atoms with Gasteiger partial charge in [-0.15, -0.1) is 0 Å². The standard InChI is InChI=1S/C32H30FNO5/c1-36-30(35)18-32(37-2)12-10-24(26-8-3-4-9-28(26)33)17-29(32)39-20-22-15-25-11-13-38-31(25)27(16-22)23-7-5-6-21(14-23)19-34/h3-17,29H,18-20,34H2,1-2H3. The van der Waals surface area contributed by atoms with Crippen LogP contribution < -0.4 is 5.73 Å². The van der Waals surface area contributed by atoms with Gasteiger partial charge >= 0.3 is 5.97 Å². The Bertz CT molecular complexity index is 1560. The molecule has 0 spiro atoms. The Morgan fingerprint density at radius 2 is 1.87 bits per heavy atom. The summed E-state index contributed by atoms with van der Waals surface area (Å²) in [7, 11) is 2.85. The predicted molar refractivity (Wildman–Crippen MR) is 148 cm³/mol. The Balaban J connectivity index is 1.51. The van der Waals surface area contributed by atoms with Crippen LogP contribution in [0.1, 0.15) is 23.1 Å². The van der Waals surface area contributed by atoms with E-state index in [4.69, 9.17) is 24.4 Å². The number of carbonyl (C=O) groups is 1. The molecule has 5 rings (SSSR count). The molecule has 200 valence electrons. The zero-order valence-electron chi connectivity index (χ0n) is 21.9. The minimum absolute atomic E-state index is 0.0693. The maximum atomic E-state index is 14.6. The van der Waals surface area contributed by atoms with Crippen molar-refractivity contribution in [3.8, 4) is 11.1 Å². The quantitative estimate of drug-likeness (QED) is 0.262. The Morgan fingerprint density at radius 3 is 2.64 bits per heavy atom. The Kier molecular flexibility index (Phi) is 7.74. The first-order valence-electron chi connectivity index (χ1n) is 12.7. The molecule has 1 aliphatic carbocycles. The average molecular weight is 528 g/mol. The van der Waals surface area contributed by atoms with Gasteiger partial charge in [-0.05, 0) is 64.7 Å². The van der Waals surface area contributed by atoms with Gasteiger partial charge in [-0.1, -0.05) is 42.5 Å². The highest BCUT2D eigenvalue weighted by Crippen LogP contribution is 2.37. The number of nitrogens with two attached hydrogens (primary N) is 1. The number of hydrogen-bond donors (Lipinski definition) is 1. The summed E-state index contributed by atoms with van der Waals surface area (Å²) >= 11 is 0. The molecule has 2 atom stereocenters. The first kappa shape index (κ1) is 26.6. The van der Waals surface area contributed by atoms with Gasteiger partial charge in [0.25, 0.3) is 0 Å². The summed E-state index contributed by atoms with van der Waals surface area (Å²) in [5, 5.41) is 0.933. The van der Waals surface area contributed by atoms with Crippen LogP contribution in [0, 0.1) is 5.82 Å². The molecule has 39 heavy (non-hydrogen) atoms. The second kappa shape index (κ2) is 11.4. The molecule has 1 aromatic heterocycles. The predicted octanol–water partition coefficient (Wildman–Crippen LogP) is 6.18. The van der Waals surface area contributed by atoms with Gasteiger partial charge in [-0.3, -0.25) is 4.79 Å². The van der Waals surface area contributed by atoms with Gasteiger partial charge in [0.15, 0.2) is 0 Å². The maximum Gasteiger partial charge on any atom is 0.308 e. The van der Waals surface area contributed by atoms with E-state index in [0.717, 1.165) is 33.2 Å². The molecular formula is C32H30FNO5. The summed E-state index contributed by atoms with van der Waals surface area (Å²) in [4.78, 5) is 12.3. The number of hydrogen-bond acceptors (Lipinski definition) is 6. The molecule has 0 aliphatic heterocycles. The van der Waals surface area contributed by atoms with Crippen LogP contribution in [-0.2, 0) is 32.2 Å². The number of rotatable bonds is 9. The normalized spacial score (nSPS) is 18.8. The summed E-state index contributed by atoms with van der Waals surface area (Å²) in [6, 6.07) is 20.5. The van der Waals surface area contributed by atoms with Crippen LogP contribution in [0.2, 0.25) is 0 Å². The van der Waals surface area contributed by atoms with E-state index in [1.165, 1.54) is 20.3 Å². The fraction of sp³-hybridized carbons (Fsp3) is 0.219. The maximum absolute atomic E-state index is 14.6. The van der Waals surface area contributed by atoms with E-state index in [1.807, 2.05) is 42.5 Å². The van der Waals surface area contributed by atoms with Crippen molar-refractivity contribution in [2.45, 2.75) is 31.3 Å². The monoisotopic (exact) mass is 527 g/mol. The second-order valence-corrected chi connectivity index (χ2v) is 9.47. The van der Waals surface area contributed by atoms with Crippen molar-refractivity contribution < 1.29 is 27.8 Å². The zero-order chi connectivity index (χ0) is 27.4. The molecule has 6 nitrogen and oxygen atoms in total. The zero-order valence-corrected chi connectivity index (χ0v) is 21.9. The lowest BCUT2D eigenvalue weighted by atomic mass is 9.84. The number of carbonyl (C=O) groups excluding carboxylic acids is 1. The van der Waals surface area contributed by atoms with Crippen molar-refractivity contribution >= 4 is 22.5 Å². The third-order valence-corrected chi connectivity index (χ3v) is 7.08. The molecule has 0 radical (unpaired) electrons. The molecule has 1 aliphatic rings. The highest BCUT2D eigenvalue weighted by Gasteiger charge is 2.41. The van der Waals surface area contributed by atoms with E-state index in [1.54, 1.807) is 42.7 Å². The van der Waals surface area contributed by atoms with Gasteiger partial charge in [-0.2, -0.15) is 0 Å². The number of esters is 1. The number of furan rings is 1. The Labute approximate surface area is 226 Å². The Hall–Kier alpha value is -4.04. The smallest absolute Gasteiger partial charge is 0.308 e. The van der Waals surface area contributed by atoms with Crippen LogP contribution in [0.3, 0.4) is 0 Å². The fourth-order valence-electron chi connectivity index (χ4n) is 4.96. The first-order valence-corrected chi connectivity index (χ1v) is 12.7. The molecule has 0 bridgehead atoms. The second-order valence-electron chi connectivity index (χ2n) is 9.47. The lowest BCUT2D eigenvalue weighted by molar-refractivity contribution is -0.152. The molecule has 3 aromatic carbocycles. The molecule has 0 amide bonds. The van der Waals surface area contributed by atoms with E-state index >= 15 is 0 Å². The lowest BCUT2D eigenvalue weighted by Crippen LogP contribution is -2.46. The van der Waals surface area contributed by atoms with Crippen molar-refractivity contribution in [2.24, 2.45) is 5.73 Å². The largest absolute Gasteiger partial charge is 0.469 e. The third-order valence-electron chi connectivity index (χ3n) is 7.08. The van der Waals surface area contributed by atoms with Crippen molar-refractivity contribution in [3.63, 3.8) is 0 Å². The van der Waals surface area contributed by atoms with Gasteiger partial charge in [0.05, 0.1) is 26.4 Å². The molecule has 0 saturated carbocycles. The van der Waals surface area contributed by atoms with E-state index in [-0.39, 0.29) is 18.8 Å². The summed E-state index contributed by atoms with van der Waals surface area (Å²) in [5.74, 6) is -0.792. The fourth-order valence-corrected chi connectivity index (χ4v) is 4.96. The van der Waals surface area contributed by atoms with Gasteiger partial charge < -0.3 is 24.4 Å². The number of halogens is 1. The first-order chi connectivity index (χ1) is 19.0. The van der Waals surface area contributed by atoms with Crippen molar-refractivity contribution in [1.82, 2.24) is 0 Å². The minimum atomic E-state index is -1.13. The van der Waals surface area contributed by atoms with E-state index < -0.39 is 17.7 Å².